The minimum absolute atomic E-state index is 0.214. The molecule has 2 heterocycles. The van der Waals surface area contributed by atoms with Crippen molar-refractivity contribution in [1.82, 2.24) is 20.5 Å². The maximum absolute atomic E-state index is 10.1. The highest BCUT2D eigenvalue weighted by Gasteiger charge is 2.15. The summed E-state index contributed by atoms with van der Waals surface area (Å²) in [4.78, 5) is 4.33. The van der Waals surface area contributed by atoms with Gasteiger partial charge in [0.2, 0.25) is 5.95 Å². The molecule has 1 aromatic carbocycles. The van der Waals surface area contributed by atoms with Crippen molar-refractivity contribution in [2.45, 2.75) is 32.7 Å². The van der Waals surface area contributed by atoms with Gasteiger partial charge in [0, 0.05) is 18.2 Å². The van der Waals surface area contributed by atoms with E-state index < -0.39 is 0 Å². The molecule has 0 amide bonds. The van der Waals surface area contributed by atoms with Crippen LogP contribution >= 0.6 is 0 Å². The third kappa shape index (κ3) is 3.17. The number of aromatic nitrogens is 3. The summed E-state index contributed by atoms with van der Waals surface area (Å²) in [6, 6.07) is 4.08. The summed E-state index contributed by atoms with van der Waals surface area (Å²) in [5.41, 5.74) is 3.26. The van der Waals surface area contributed by atoms with Crippen molar-refractivity contribution in [3.8, 4) is 17.0 Å². The zero-order valence-corrected chi connectivity index (χ0v) is 12.9. The maximum atomic E-state index is 10.1. The van der Waals surface area contributed by atoms with Crippen LogP contribution in [0.25, 0.3) is 11.3 Å². The second kappa shape index (κ2) is 6.27. The number of hydrogen-bond acceptors (Lipinski definition) is 6. The Hall–Kier alpha value is -2.21. The average molecular weight is 299 g/mol. The SMILES string of the molecule is Cc1cc(C)c(-c2cnc(N[C@@H]3CCCNC3)nn2)c(O)c1. The van der Waals surface area contributed by atoms with Gasteiger partial charge in [0.25, 0.3) is 0 Å². The van der Waals surface area contributed by atoms with E-state index in [4.69, 9.17) is 0 Å². The molecule has 116 valence electrons. The Morgan fingerprint density at radius 1 is 1.27 bits per heavy atom. The van der Waals surface area contributed by atoms with Gasteiger partial charge in [-0.25, -0.2) is 4.98 Å². The highest BCUT2D eigenvalue weighted by molar-refractivity contribution is 5.70. The van der Waals surface area contributed by atoms with Gasteiger partial charge in [-0.1, -0.05) is 6.07 Å². The normalized spacial score (nSPS) is 18.2. The standard InChI is InChI=1S/C16H21N5O/c1-10-6-11(2)15(14(22)7-10)13-9-18-16(21-20-13)19-12-4-3-5-17-8-12/h6-7,9,12,17,22H,3-5,8H2,1-2H3,(H,18,19,21)/t12-/m1/s1. The quantitative estimate of drug-likeness (QED) is 0.804. The Labute approximate surface area is 130 Å². The first-order valence-corrected chi connectivity index (χ1v) is 7.61. The molecular formula is C16H21N5O. The molecular weight excluding hydrogens is 278 g/mol. The van der Waals surface area contributed by atoms with E-state index in [0.29, 0.717) is 23.2 Å². The number of anilines is 1. The molecule has 1 fully saturated rings. The molecule has 0 saturated carbocycles. The van der Waals surface area contributed by atoms with Crippen molar-refractivity contribution < 1.29 is 5.11 Å². The molecule has 0 unspecified atom stereocenters. The Balaban J connectivity index is 1.79. The summed E-state index contributed by atoms with van der Waals surface area (Å²) in [5.74, 6) is 0.743. The minimum atomic E-state index is 0.214. The summed E-state index contributed by atoms with van der Waals surface area (Å²) >= 11 is 0. The highest BCUT2D eigenvalue weighted by Crippen LogP contribution is 2.31. The first-order chi connectivity index (χ1) is 10.6. The molecule has 3 N–H and O–H groups in total. The Morgan fingerprint density at radius 2 is 2.14 bits per heavy atom. The van der Waals surface area contributed by atoms with E-state index in [9.17, 15) is 5.11 Å². The molecule has 1 saturated heterocycles. The lowest BCUT2D eigenvalue weighted by molar-refractivity contribution is 0.475. The molecule has 6 heteroatoms. The molecule has 2 aromatic rings. The minimum Gasteiger partial charge on any atom is -0.507 e. The third-order valence-corrected chi connectivity index (χ3v) is 3.91. The van der Waals surface area contributed by atoms with Crippen molar-refractivity contribution in [2.24, 2.45) is 0 Å². The van der Waals surface area contributed by atoms with Crippen molar-refractivity contribution in [1.29, 1.82) is 0 Å². The predicted molar refractivity (Wildman–Crippen MR) is 85.9 cm³/mol. The van der Waals surface area contributed by atoms with Crippen molar-refractivity contribution >= 4 is 5.95 Å². The molecule has 6 nitrogen and oxygen atoms in total. The lowest BCUT2D eigenvalue weighted by Gasteiger charge is -2.23. The number of aryl methyl sites for hydroxylation is 2. The average Bonchev–Trinajstić information content (AvgIpc) is 2.49. The van der Waals surface area contributed by atoms with Gasteiger partial charge in [0.1, 0.15) is 11.4 Å². The Kier molecular flexibility index (Phi) is 4.20. The van der Waals surface area contributed by atoms with Crippen LogP contribution < -0.4 is 10.6 Å². The van der Waals surface area contributed by atoms with Crippen molar-refractivity contribution in [3.05, 3.63) is 29.5 Å². The number of rotatable bonds is 3. The van der Waals surface area contributed by atoms with Crippen LogP contribution in [0.5, 0.6) is 5.75 Å². The van der Waals surface area contributed by atoms with Crippen LogP contribution in [0.4, 0.5) is 5.95 Å². The summed E-state index contributed by atoms with van der Waals surface area (Å²) < 4.78 is 0. The van der Waals surface area contributed by atoms with Crippen LogP contribution in [0.1, 0.15) is 24.0 Å². The number of benzene rings is 1. The van der Waals surface area contributed by atoms with Crippen LogP contribution in [0.2, 0.25) is 0 Å². The smallest absolute Gasteiger partial charge is 0.242 e. The van der Waals surface area contributed by atoms with Crippen LogP contribution in [0.15, 0.2) is 18.3 Å². The number of nitrogens with zero attached hydrogens (tertiary/aromatic N) is 3. The van der Waals surface area contributed by atoms with Gasteiger partial charge in [0.15, 0.2) is 0 Å². The van der Waals surface area contributed by atoms with E-state index in [-0.39, 0.29) is 5.75 Å². The van der Waals surface area contributed by atoms with E-state index >= 15 is 0 Å². The van der Waals surface area contributed by atoms with E-state index in [2.05, 4.69) is 25.8 Å². The van der Waals surface area contributed by atoms with Gasteiger partial charge in [-0.2, -0.15) is 0 Å². The lowest BCUT2D eigenvalue weighted by Crippen LogP contribution is -2.38. The van der Waals surface area contributed by atoms with Crippen molar-refractivity contribution in [2.75, 3.05) is 18.4 Å². The van der Waals surface area contributed by atoms with E-state index in [0.717, 1.165) is 37.1 Å². The zero-order chi connectivity index (χ0) is 15.5. The first kappa shape index (κ1) is 14.7. The Morgan fingerprint density at radius 3 is 2.77 bits per heavy atom. The van der Waals surface area contributed by atoms with Gasteiger partial charge < -0.3 is 15.7 Å². The van der Waals surface area contributed by atoms with E-state index in [1.807, 2.05) is 19.9 Å². The van der Waals surface area contributed by atoms with Crippen molar-refractivity contribution in [3.63, 3.8) is 0 Å². The second-order valence-electron chi connectivity index (χ2n) is 5.83. The largest absolute Gasteiger partial charge is 0.507 e. The predicted octanol–water partition coefficient (Wildman–Crippen LogP) is 2.02. The molecule has 1 aromatic heterocycles. The number of aromatic hydroxyl groups is 1. The number of phenolic OH excluding ortho intramolecular Hbond substituents is 1. The molecule has 0 spiro atoms. The summed E-state index contributed by atoms with van der Waals surface area (Å²) in [6.45, 7) is 5.89. The molecule has 0 bridgehead atoms. The van der Waals surface area contributed by atoms with E-state index in [1.165, 1.54) is 0 Å². The number of phenols is 1. The Bertz CT molecular complexity index is 627. The monoisotopic (exact) mass is 299 g/mol. The van der Waals surface area contributed by atoms with Crippen LogP contribution in [-0.4, -0.2) is 39.4 Å². The number of hydrogen-bond donors (Lipinski definition) is 3. The molecule has 0 radical (unpaired) electrons. The molecule has 1 atom stereocenters. The maximum Gasteiger partial charge on any atom is 0.242 e. The molecule has 1 aliphatic heterocycles. The summed E-state index contributed by atoms with van der Waals surface area (Å²) in [6.07, 6.45) is 3.92. The van der Waals surface area contributed by atoms with Gasteiger partial charge in [-0.3, -0.25) is 0 Å². The number of nitrogens with one attached hydrogen (secondary N) is 2. The highest BCUT2D eigenvalue weighted by atomic mass is 16.3. The fourth-order valence-corrected chi connectivity index (χ4v) is 2.89. The van der Waals surface area contributed by atoms with Crippen LogP contribution in [0.3, 0.4) is 0 Å². The fourth-order valence-electron chi connectivity index (χ4n) is 2.89. The second-order valence-corrected chi connectivity index (χ2v) is 5.83. The topological polar surface area (TPSA) is 83.0 Å². The van der Waals surface area contributed by atoms with Gasteiger partial charge in [0.05, 0.1) is 6.20 Å². The third-order valence-electron chi connectivity index (χ3n) is 3.91. The van der Waals surface area contributed by atoms with Gasteiger partial charge in [-0.05, 0) is 50.4 Å². The first-order valence-electron chi connectivity index (χ1n) is 7.61. The molecule has 3 rings (SSSR count). The molecule has 1 aliphatic rings. The summed E-state index contributed by atoms with van der Waals surface area (Å²) in [7, 11) is 0. The molecule has 0 aliphatic carbocycles. The van der Waals surface area contributed by atoms with Crippen LogP contribution in [0, 0.1) is 13.8 Å². The molecule has 22 heavy (non-hydrogen) atoms. The van der Waals surface area contributed by atoms with Gasteiger partial charge >= 0.3 is 0 Å². The number of piperidine rings is 1. The van der Waals surface area contributed by atoms with Crippen LogP contribution in [-0.2, 0) is 0 Å². The summed E-state index contributed by atoms with van der Waals surface area (Å²) in [5, 5.41) is 25.1. The zero-order valence-electron chi connectivity index (χ0n) is 12.9. The van der Waals surface area contributed by atoms with E-state index in [1.54, 1.807) is 12.3 Å². The lowest BCUT2D eigenvalue weighted by atomic mass is 10.0. The van der Waals surface area contributed by atoms with Gasteiger partial charge in [-0.15, -0.1) is 10.2 Å². The fraction of sp³-hybridized carbons (Fsp3) is 0.438.